The molecule has 12 heteroatoms. The molecule has 2 atom stereocenters. The molecule has 4 aromatic carbocycles. The van der Waals surface area contributed by atoms with Gasteiger partial charge < -0.3 is 10.2 Å². The van der Waals surface area contributed by atoms with E-state index in [0.717, 1.165) is 17.7 Å². The van der Waals surface area contributed by atoms with Crippen LogP contribution in [-0.2, 0) is 38.8 Å². The lowest BCUT2D eigenvalue weighted by Gasteiger charge is -2.34. The van der Waals surface area contributed by atoms with E-state index in [4.69, 9.17) is 11.6 Å². The molecule has 47 heavy (non-hydrogen) atoms. The van der Waals surface area contributed by atoms with Crippen molar-refractivity contribution in [3.05, 3.63) is 131 Å². The van der Waals surface area contributed by atoms with Crippen LogP contribution in [0.25, 0.3) is 0 Å². The fourth-order valence-electron chi connectivity index (χ4n) is 4.91. The SMILES string of the molecule is CCC(C)NC(=O)C(Cc1ccccc1)N(Cc1ccccc1)C(=O)CN(c1ccc(Cl)c(C(F)(F)F)c1)S(=O)(=O)c1ccccc1. The first kappa shape index (κ1) is 35.5. The third-order valence-electron chi connectivity index (χ3n) is 7.62. The van der Waals surface area contributed by atoms with Crippen LogP contribution in [0.2, 0.25) is 5.02 Å². The van der Waals surface area contributed by atoms with E-state index in [1.165, 1.54) is 29.2 Å². The monoisotopic (exact) mass is 685 g/mol. The predicted molar refractivity (Wildman–Crippen MR) is 176 cm³/mol. The molecule has 0 spiro atoms. The Morgan fingerprint density at radius 2 is 1.40 bits per heavy atom. The summed E-state index contributed by atoms with van der Waals surface area (Å²) in [5.41, 5.74) is -0.252. The first-order valence-corrected chi connectivity index (χ1v) is 16.7. The van der Waals surface area contributed by atoms with Crippen molar-refractivity contribution < 1.29 is 31.2 Å². The van der Waals surface area contributed by atoms with Crippen LogP contribution in [0, 0.1) is 0 Å². The quantitative estimate of drug-likeness (QED) is 0.163. The molecule has 248 valence electrons. The molecule has 0 radical (unpaired) electrons. The molecule has 0 aliphatic carbocycles. The van der Waals surface area contributed by atoms with Crippen LogP contribution in [0.5, 0.6) is 0 Å². The zero-order valence-corrected chi connectivity index (χ0v) is 27.4. The molecule has 0 aliphatic rings. The summed E-state index contributed by atoms with van der Waals surface area (Å²) in [6.07, 6.45) is -4.17. The third-order valence-corrected chi connectivity index (χ3v) is 9.74. The lowest BCUT2D eigenvalue weighted by molar-refractivity contribution is -0.140. The van der Waals surface area contributed by atoms with E-state index in [-0.39, 0.29) is 23.9 Å². The van der Waals surface area contributed by atoms with Crippen LogP contribution in [0.3, 0.4) is 0 Å². The van der Waals surface area contributed by atoms with E-state index in [9.17, 15) is 31.2 Å². The van der Waals surface area contributed by atoms with Crippen LogP contribution < -0.4 is 9.62 Å². The Morgan fingerprint density at radius 3 is 1.96 bits per heavy atom. The number of benzene rings is 4. The lowest BCUT2D eigenvalue weighted by atomic mass is 10.0. The molecule has 0 saturated heterocycles. The van der Waals surface area contributed by atoms with Gasteiger partial charge in [0.2, 0.25) is 11.8 Å². The van der Waals surface area contributed by atoms with Crippen molar-refractivity contribution >= 4 is 39.1 Å². The Labute approximate surface area is 278 Å². The van der Waals surface area contributed by atoms with E-state index in [1.807, 2.05) is 32.0 Å². The fraction of sp³-hybridized carbons (Fsp3) is 0.257. The van der Waals surface area contributed by atoms with Crippen LogP contribution >= 0.6 is 11.6 Å². The molecule has 0 aromatic heterocycles. The van der Waals surface area contributed by atoms with Crippen molar-refractivity contribution in [3.63, 3.8) is 0 Å². The average molecular weight is 686 g/mol. The number of hydrogen-bond donors (Lipinski definition) is 1. The molecule has 0 aliphatic heterocycles. The van der Waals surface area contributed by atoms with Crippen molar-refractivity contribution in [1.29, 1.82) is 0 Å². The highest BCUT2D eigenvalue weighted by atomic mass is 35.5. The number of hydrogen-bond acceptors (Lipinski definition) is 4. The maximum atomic E-state index is 14.4. The van der Waals surface area contributed by atoms with Crippen molar-refractivity contribution in [1.82, 2.24) is 10.2 Å². The van der Waals surface area contributed by atoms with Crippen LogP contribution in [-0.4, -0.2) is 43.8 Å². The zero-order chi connectivity index (χ0) is 34.2. The topological polar surface area (TPSA) is 86.8 Å². The summed E-state index contributed by atoms with van der Waals surface area (Å²) in [4.78, 5) is 29.3. The Bertz CT molecular complexity index is 1760. The maximum Gasteiger partial charge on any atom is 0.417 e. The summed E-state index contributed by atoms with van der Waals surface area (Å²) in [7, 11) is -4.58. The van der Waals surface area contributed by atoms with Gasteiger partial charge in [-0.05, 0) is 54.8 Å². The minimum atomic E-state index is -4.90. The number of carbonyl (C=O) groups excluding carboxylic acids is 2. The highest BCUT2D eigenvalue weighted by Gasteiger charge is 2.37. The minimum absolute atomic E-state index is 0.0707. The Balaban J connectivity index is 1.85. The summed E-state index contributed by atoms with van der Waals surface area (Å²) in [5, 5.41) is 2.31. The Hall–Kier alpha value is -4.35. The number of anilines is 1. The maximum absolute atomic E-state index is 14.4. The molecule has 2 unspecified atom stereocenters. The van der Waals surface area contributed by atoms with E-state index in [2.05, 4.69) is 5.32 Å². The number of nitrogens with one attached hydrogen (secondary N) is 1. The van der Waals surface area contributed by atoms with Gasteiger partial charge in [0.15, 0.2) is 0 Å². The van der Waals surface area contributed by atoms with Gasteiger partial charge >= 0.3 is 6.18 Å². The number of carbonyl (C=O) groups is 2. The van der Waals surface area contributed by atoms with Crippen LogP contribution in [0.15, 0.2) is 114 Å². The van der Waals surface area contributed by atoms with Crippen molar-refractivity contribution in [2.45, 2.75) is 56.4 Å². The second-order valence-corrected chi connectivity index (χ2v) is 13.3. The highest BCUT2D eigenvalue weighted by molar-refractivity contribution is 7.92. The number of halogens is 4. The molecule has 0 fully saturated rings. The predicted octanol–water partition coefficient (Wildman–Crippen LogP) is 7.11. The van der Waals surface area contributed by atoms with Crippen LogP contribution in [0.1, 0.15) is 37.0 Å². The highest BCUT2D eigenvalue weighted by Crippen LogP contribution is 2.38. The Morgan fingerprint density at radius 1 is 0.851 bits per heavy atom. The largest absolute Gasteiger partial charge is 0.417 e. The van der Waals surface area contributed by atoms with Gasteiger partial charge in [0, 0.05) is 19.0 Å². The fourth-order valence-corrected chi connectivity index (χ4v) is 6.56. The van der Waals surface area contributed by atoms with Crippen molar-refractivity contribution in [2.24, 2.45) is 0 Å². The number of amides is 2. The minimum Gasteiger partial charge on any atom is -0.352 e. The number of alkyl halides is 3. The number of sulfonamides is 1. The summed E-state index contributed by atoms with van der Waals surface area (Å²) < 4.78 is 70.4. The molecular formula is C35H35ClF3N3O4S. The van der Waals surface area contributed by atoms with Crippen molar-refractivity contribution in [2.75, 3.05) is 10.8 Å². The molecule has 4 aromatic rings. The van der Waals surface area contributed by atoms with E-state index < -0.39 is 56.9 Å². The smallest absolute Gasteiger partial charge is 0.352 e. The molecule has 2 amide bonds. The van der Waals surface area contributed by atoms with Gasteiger partial charge in [-0.3, -0.25) is 13.9 Å². The van der Waals surface area contributed by atoms with Gasteiger partial charge in [-0.2, -0.15) is 13.2 Å². The zero-order valence-electron chi connectivity index (χ0n) is 25.8. The van der Waals surface area contributed by atoms with E-state index in [0.29, 0.717) is 22.4 Å². The lowest BCUT2D eigenvalue weighted by Crippen LogP contribution is -2.54. The van der Waals surface area contributed by atoms with Crippen LogP contribution in [0.4, 0.5) is 18.9 Å². The third kappa shape index (κ3) is 9.14. The molecule has 0 bridgehead atoms. The summed E-state index contributed by atoms with van der Waals surface area (Å²) in [5.74, 6) is -1.24. The van der Waals surface area contributed by atoms with Crippen molar-refractivity contribution in [3.8, 4) is 0 Å². The van der Waals surface area contributed by atoms with E-state index in [1.54, 1.807) is 48.5 Å². The second-order valence-electron chi connectivity index (χ2n) is 11.0. The van der Waals surface area contributed by atoms with Gasteiger partial charge in [-0.25, -0.2) is 8.42 Å². The Kier molecular flexibility index (Phi) is 11.7. The number of nitrogens with zero attached hydrogens (tertiary/aromatic N) is 2. The van der Waals surface area contributed by atoms with Gasteiger partial charge in [0.25, 0.3) is 10.0 Å². The first-order valence-electron chi connectivity index (χ1n) is 14.9. The standard InChI is InChI=1S/C35H35ClF3N3O4S/c1-3-25(2)40-34(44)32(21-26-13-7-4-8-14-26)41(23-27-15-9-5-10-16-27)33(43)24-42(47(45,46)29-17-11-6-12-18-29)28-19-20-31(36)30(22-28)35(37,38)39/h4-20,22,25,32H,3,21,23-24H2,1-2H3,(H,40,44). The molecule has 0 heterocycles. The molecule has 1 N–H and O–H groups in total. The average Bonchev–Trinajstić information content (AvgIpc) is 3.06. The molecule has 4 rings (SSSR count). The first-order chi connectivity index (χ1) is 22.3. The molecular weight excluding hydrogens is 651 g/mol. The van der Waals surface area contributed by atoms with Gasteiger partial charge in [-0.1, -0.05) is 97.4 Å². The normalized spacial score (nSPS) is 13.0. The van der Waals surface area contributed by atoms with E-state index >= 15 is 0 Å². The van der Waals surface area contributed by atoms with Gasteiger partial charge in [0.1, 0.15) is 12.6 Å². The summed E-state index contributed by atoms with van der Waals surface area (Å²) in [6.45, 7) is 2.76. The van der Waals surface area contributed by atoms with Gasteiger partial charge in [0.05, 0.1) is 21.2 Å². The van der Waals surface area contributed by atoms with Gasteiger partial charge in [-0.15, -0.1) is 0 Å². The number of rotatable bonds is 13. The summed E-state index contributed by atoms with van der Waals surface area (Å²) >= 11 is 5.86. The molecule has 7 nitrogen and oxygen atoms in total. The second kappa shape index (κ2) is 15.5. The molecule has 0 saturated carbocycles. The summed E-state index contributed by atoms with van der Waals surface area (Å²) in [6, 6.07) is 26.3.